The summed E-state index contributed by atoms with van der Waals surface area (Å²) in [4.78, 5) is 24.0. The van der Waals surface area contributed by atoms with Crippen molar-refractivity contribution in [1.82, 2.24) is 20.2 Å². The number of anilines is 1. The van der Waals surface area contributed by atoms with E-state index in [9.17, 15) is 4.79 Å². The summed E-state index contributed by atoms with van der Waals surface area (Å²) in [5, 5.41) is 10.5. The van der Waals surface area contributed by atoms with E-state index >= 15 is 0 Å². The molecule has 3 heterocycles. The molecule has 10 heteroatoms. The van der Waals surface area contributed by atoms with Gasteiger partial charge in [-0.05, 0) is 31.0 Å². The van der Waals surface area contributed by atoms with E-state index < -0.39 is 0 Å². The minimum Gasteiger partial charge on any atom is -0.378 e. The molecule has 32 heavy (non-hydrogen) atoms. The first-order valence-electron chi connectivity index (χ1n) is 10.8. The van der Waals surface area contributed by atoms with Crippen LogP contribution in [-0.2, 0) is 11.3 Å². The molecule has 1 saturated heterocycles. The molecule has 0 unspecified atom stereocenters. The van der Waals surface area contributed by atoms with Gasteiger partial charge in [0.05, 0.1) is 18.9 Å². The summed E-state index contributed by atoms with van der Waals surface area (Å²) in [6.45, 7) is 7.27. The average molecular weight is 473 g/mol. The molecule has 0 radical (unpaired) electrons. The highest BCUT2D eigenvalue weighted by molar-refractivity contribution is 7.13. The van der Waals surface area contributed by atoms with Gasteiger partial charge in [0.15, 0.2) is 4.80 Å². The Kier molecular flexibility index (Phi) is 7.92. The summed E-state index contributed by atoms with van der Waals surface area (Å²) >= 11 is 3.13. The van der Waals surface area contributed by atoms with Crippen LogP contribution in [0.2, 0.25) is 0 Å². The first-order chi connectivity index (χ1) is 15.7. The van der Waals surface area contributed by atoms with Crippen LogP contribution in [0.4, 0.5) is 15.6 Å². The lowest BCUT2D eigenvalue weighted by Gasteiger charge is -2.28. The van der Waals surface area contributed by atoms with Gasteiger partial charge in [0.25, 0.3) is 0 Å². The standard InChI is InChI=1S/C22H28N6O2S2/c1-2-23-20(29)24-8-3-10-28-19(16-32-22(28)26-21-25-9-15-31-21)17-4-6-18(7-5-17)27-11-13-30-14-12-27/h4-7,9,15-16H,2-3,8,10-14H2,1H3,(H2,23,24,29). The number of hydrogen-bond acceptors (Lipinski definition) is 7. The van der Waals surface area contributed by atoms with E-state index in [0.29, 0.717) is 13.1 Å². The molecule has 0 bridgehead atoms. The number of carbonyl (C=O) groups is 1. The van der Waals surface area contributed by atoms with E-state index in [1.807, 2.05) is 12.3 Å². The molecule has 0 aliphatic carbocycles. The minimum atomic E-state index is -0.130. The van der Waals surface area contributed by atoms with Crippen molar-refractivity contribution in [2.75, 3.05) is 44.3 Å². The first kappa shape index (κ1) is 22.5. The zero-order valence-corrected chi connectivity index (χ0v) is 19.8. The topological polar surface area (TPSA) is 83.8 Å². The number of benzene rings is 1. The number of carbonyl (C=O) groups excluding carboxylic acids is 1. The third-order valence-electron chi connectivity index (χ3n) is 5.13. The molecule has 2 amide bonds. The van der Waals surface area contributed by atoms with Crippen LogP contribution >= 0.6 is 22.7 Å². The van der Waals surface area contributed by atoms with Gasteiger partial charge in [0, 0.05) is 55.4 Å². The maximum Gasteiger partial charge on any atom is 0.314 e. The van der Waals surface area contributed by atoms with E-state index in [2.05, 4.69) is 54.7 Å². The molecule has 3 aromatic rings. The van der Waals surface area contributed by atoms with Gasteiger partial charge in [0.2, 0.25) is 5.13 Å². The molecule has 0 atom stereocenters. The second kappa shape index (κ2) is 11.3. The van der Waals surface area contributed by atoms with Crippen LogP contribution in [0, 0.1) is 0 Å². The SMILES string of the molecule is CCNC(=O)NCCCn1c(-c2ccc(N3CCOCC3)cc2)csc1=Nc1nccs1. The van der Waals surface area contributed by atoms with Gasteiger partial charge in [-0.3, -0.25) is 0 Å². The van der Waals surface area contributed by atoms with Gasteiger partial charge in [0.1, 0.15) is 0 Å². The predicted molar refractivity (Wildman–Crippen MR) is 130 cm³/mol. The van der Waals surface area contributed by atoms with Crippen molar-refractivity contribution in [3.63, 3.8) is 0 Å². The number of nitrogens with zero attached hydrogens (tertiary/aromatic N) is 4. The van der Waals surface area contributed by atoms with Crippen molar-refractivity contribution in [2.24, 2.45) is 4.99 Å². The van der Waals surface area contributed by atoms with Crippen LogP contribution in [-0.4, -0.2) is 55.0 Å². The summed E-state index contributed by atoms with van der Waals surface area (Å²) in [7, 11) is 0. The Bertz CT molecular complexity index is 1050. The Labute approximate surface area is 195 Å². The summed E-state index contributed by atoms with van der Waals surface area (Å²) in [6.07, 6.45) is 2.57. The molecule has 1 aliphatic heterocycles. The largest absolute Gasteiger partial charge is 0.378 e. The maximum atomic E-state index is 11.7. The van der Waals surface area contributed by atoms with Crippen molar-refractivity contribution < 1.29 is 9.53 Å². The Hall–Kier alpha value is -2.69. The molecule has 1 fully saturated rings. The molecule has 1 aromatic carbocycles. The third kappa shape index (κ3) is 5.76. The fourth-order valence-corrected chi connectivity index (χ4v) is 5.04. The second-order valence-corrected chi connectivity index (χ2v) is 8.98. The molecule has 0 saturated carbocycles. The van der Waals surface area contributed by atoms with Crippen LogP contribution < -0.4 is 20.3 Å². The quantitative estimate of drug-likeness (QED) is 0.492. The normalized spacial score (nSPS) is 14.5. The van der Waals surface area contributed by atoms with Crippen molar-refractivity contribution >= 4 is 39.5 Å². The maximum absolute atomic E-state index is 11.7. The fraction of sp³-hybridized carbons (Fsp3) is 0.409. The van der Waals surface area contributed by atoms with Crippen molar-refractivity contribution in [3.05, 3.63) is 46.0 Å². The number of rotatable bonds is 8. The third-order valence-corrected chi connectivity index (χ3v) is 6.66. The molecular formula is C22H28N6O2S2. The van der Waals surface area contributed by atoms with Crippen molar-refractivity contribution in [1.29, 1.82) is 0 Å². The van der Waals surface area contributed by atoms with Gasteiger partial charge in [-0.25, -0.2) is 9.78 Å². The van der Waals surface area contributed by atoms with E-state index in [1.165, 1.54) is 17.0 Å². The lowest BCUT2D eigenvalue weighted by molar-refractivity contribution is 0.122. The molecule has 0 spiro atoms. The van der Waals surface area contributed by atoms with Gasteiger partial charge < -0.3 is 24.8 Å². The predicted octanol–water partition coefficient (Wildman–Crippen LogP) is 3.45. The van der Waals surface area contributed by atoms with Gasteiger partial charge in [-0.1, -0.05) is 12.1 Å². The van der Waals surface area contributed by atoms with Crippen LogP contribution in [0.5, 0.6) is 0 Å². The van der Waals surface area contributed by atoms with E-state index in [4.69, 9.17) is 9.73 Å². The van der Waals surface area contributed by atoms with Crippen LogP contribution in [0.1, 0.15) is 13.3 Å². The lowest BCUT2D eigenvalue weighted by atomic mass is 10.1. The Balaban J connectivity index is 1.54. The summed E-state index contributed by atoms with van der Waals surface area (Å²) in [5.74, 6) is 0. The molecule has 4 rings (SSSR count). The number of urea groups is 1. The lowest BCUT2D eigenvalue weighted by Crippen LogP contribution is -2.36. The van der Waals surface area contributed by atoms with E-state index in [0.717, 1.165) is 60.5 Å². The Morgan fingerprint density at radius 2 is 2.00 bits per heavy atom. The highest BCUT2D eigenvalue weighted by atomic mass is 32.1. The smallest absolute Gasteiger partial charge is 0.314 e. The highest BCUT2D eigenvalue weighted by Gasteiger charge is 2.13. The van der Waals surface area contributed by atoms with Crippen LogP contribution in [0.15, 0.2) is 46.2 Å². The van der Waals surface area contributed by atoms with Crippen molar-refractivity contribution in [3.8, 4) is 11.3 Å². The first-order valence-corrected chi connectivity index (χ1v) is 12.6. The molecular weight excluding hydrogens is 444 g/mol. The Morgan fingerprint density at radius 3 is 2.72 bits per heavy atom. The molecule has 8 nitrogen and oxygen atoms in total. The summed E-state index contributed by atoms with van der Waals surface area (Å²) < 4.78 is 7.68. The van der Waals surface area contributed by atoms with Crippen molar-refractivity contribution in [2.45, 2.75) is 19.9 Å². The van der Waals surface area contributed by atoms with Crippen LogP contribution in [0.3, 0.4) is 0 Å². The number of morpholine rings is 1. The number of amides is 2. The number of thiazole rings is 2. The molecule has 170 valence electrons. The number of aromatic nitrogens is 2. The van der Waals surface area contributed by atoms with Gasteiger partial charge >= 0.3 is 6.03 Å². The average Bonchev–Trinajstić information content (AvgIpc) is 3.48. The second-order valence-electron chi connectivity index (χ2n) is 7.27. The zero-order chi connectivity index (χ0) is 22.2. The van der Waals surface area contributed by atoms with Crippen LogP contribution in [0.25, 0.3) is 11.3 Å². The highest BCUT2D eigenvalue weighted by Crippen LogP contribution is 2.25. The molecule has 1 aliphatic rings. The Morgan fingerprint density at radius 1 is 1.19 bits per heavy atom. The molecule has 2 aromatic heterocycles. The van der Waals surface area contributed by atoms with Gasteiger partial charge in [-0.2, -0.15) is 4.99 Å². The van der Waals surface area contributed by atoms with E-state index in [1.54, 1.807) is 17.5 Å². The summed E-state index contributed by atoms with van der Waals surface area (Å²) in [5.41, 5.74) is 3.49. The fourth-order valence-electron chi connectivity index (χ4n) is 3.55. The monoisotopic (exact) mass is 472 g/mol. The zero-order valence-electron chi connectivity index (χ0n) is 18.1. The number of nitrogens with one attached hydrogen (secondary N) is 2. The van der Waals surface area contributed by atoms with Gasteiger partial charge in [-0.15, -0.1) is 22.7 Å². The number of hydrogen-bond donors (Lipinski definition) is 2. The van der Waals surface area contributed by atoms with E-state index in [-0.39, 0.29) is 6.03 Å². The number of ether oxygens (including phenoxy) is 1. The minimum absolute atomic E-state index is 0.130. The summed E-state index contributed by atoms with van der Waals surface area (Å²) in [6, 6.07) is 8.57. The molecule has 2 N–H and O–H groups in total.